The lowest BCUT2D eigenvalue weighted by molar-refractivity contribution is -0.137. The van der Waals surface area contributed by atoms with Crippen LogP contribution in [0.25, 0.3) is 0 Å². The molecule has 1 aromatic heterocycles. The number of rotatable bonds is 5. The number of methoxy groups -OCH3 is 1. The number of benzene rings is 2. The minimum Gasteiger partial charge on any atom is -0.496 e. The molecule has 3 aliphatic rings. The Morgan fingerprint density at radius 3 is 2.43 bits per heavy atom. The molecule has 3 aliphatic heterocycles. The zero-order valence-electron chi connectivity index (χ0n) is 22.1. The van der Waals surface area contributed by atoms with Crippen molar-refractivity contribution in [3.05, 3.63) is 74.2 Å². The fraction of sp³-hybridized carbons (Fsp3) is 0.357. The van der Waals surface area contributed by atoms with Gasteiger partial charge in [-0.1, -0.05) is 53.4 Å². The molecule has 9 nitrogen and oxygen atoms in total. The minimum absolute atomic E-state index is 0.281. The van der Waals surface area contributed by atoms with Crippen molar-refractivity contribution in [2.45, 2.75) is 28.9 Å². The molecule has 42 heavy (non-hydrogen) atoms. The molecule has 2 saturated heterocycles. The Kier molecular flexibility index (Phi) is 7.39. The number of thiazole rings is 1. The lowest BCUT2D eigenvalue weighted by Gasteiger charge is -2.32. The summed E-state index contributed by atoms with van der Waals surface area (Å²) in [6.45, 7) is 1.23. The summed E-state index contributed by atoms with van der Waals surface area (Å²) in [4.78, 5) is 56.6. The largest absolute Gasteiger partial charge is 0.496 e. The van der Waals surface area contributed by atoms with Gasteiger partial charge in [-0.05, 0) is 18.2 Å². The Labute approximate surface area is 245 Å². The van der Waals surface area contributed by atoms with Crippen molar-refractivity contribution in [2.24, 2.45) is 5.92 Å². The number of hydrogen-bond donors (Lipinski definition) is 0. The number of carbonyl (C=O) groups is 3. The molecule has 6 rings (SSSR count). The quantitative estimate of drug-likeness (QED) is 0.403. The molecule has 220 valence electrons. The van der Waals surface area contributed by atoms with Crippen LogP contribution in [-0.4, -0.2) is 65.9 Å². The molecular formula is C28H24F3N3O6S2. The molecule has 0 N–H and O–H groups in total. The first kappa shape index (κ1) is 28.5. The van der Waals surface area contributed by atoms with E-state index >= 15 is 0 Å². The number of thioether (sulfide) groups is 1. The van der Waals surface area contributed by atoms with E-state index in [1.54, 1.807) is 29.2 Å². The summed E-state index contributed by atoms with van der Waals surface area (Å²) >= 11 is 1.80. The third-order valence-corrected chi connectivity index (χ3v) is 10.2. The highest BCUT2D eigenvalue weighted by molar-refractivity contribution is 8.00. The average Bonchev–Trinajstić information content (AvgIpc) is 3.43. The number of para-hydroxylation sites is 2. The van der Waals surface area contributed by atoms with Crippen molar-refractivity contribution in [2.75, 3.05) is 38.3 Å². The number of carbonyl (C=O) groups excluding carboxylic acids is 3. The van der Waals surface area contributed by atoms with Gasteiger partial charge in [-0.3, -0.25) is 23.7 Å². The van der Waals surface area contributed by atoms with Gasteiger partial charge in [0.15, 0.2) is 0 Å². The lowest BCUT2D eigenvalue weighted by Crippen LogP contribution is -2.43. The van der Waals surface area contributed by atoms with E-state index in [-0.39, 0.29) is 12.5 Å². The number of amides is 3. The second-order valence-corrected chi connectivity index (χ2v) is 12.1. The molecule has 2 fully saturated rings. The molecule has 0 radical (unpaired) electrons. The molecule has 3 unspecified atom stereocenters. The molecule has 14 heteroatoms. The van der Waals surface area contributed by atoms with E-state index in [4.69, 9.17) is 9.47 Å². The summed E-state index contributed by atoms with van der Waals surface area (Å²) in [6.07, 6.45) is -4.81. The number of imide groups is 1. The summed E-state index contributed by atoms with van der Waals surface area (Å²) in [5, 5.41) is -0.796. The van der Waals surface area contributed by atoms with Crippen LogP contribution in [0, 0.1) is 5.92 Å². The maximum Gasteiger partial charge on any atom is 0.418 e. The van der Waals surface area contributed by atoms with Crippen LogP contribution in [-0.2, 0) is 31.8 Å². The molecule has 4 heterocycles. The molecule has 0 spiro atoms. The Hall–Kier alpha value is -3.62. The molecule has 0 aliphatic carbocycles. The summed E-state index contributed by atoms with van der Waals surface area (Å²) in [7, 11) is 1.44. The summed E-state index contributed by atoms with van der Waals surface area (Å²) in [5.41, 5.74) is -1.14. The number of ether oxygens (including phenoxy) is 2. The van der Waals surface area contributed by atoms with Gasteiger partial charge in [0.25, 0.3) is 0 Å². The minimum atomic E-state index is -4.81. The van der Waals surface area contributed by atoms with Crippen LogP contribution in [0.4, 0.5) is 18.9 Å². The Morgan fingerprint density at radius 2 is 1.71 bits per heavy atom. The SMILES string of the molecule is COc1ccccc1C1c2sc(=O)n(CC(=O)N3CCOCC3)c2SC2C(=O)N(c3ccccc3C(F)(F)F)C(=O)C21. The smallest absolute Gasteiger partial charge is 0.418 e. The second kappa shape index (κ2) is 10.9. The zero-order chi connectivity index (χ0) is 29.8. The fourth-order valence-electron chi connectivity index (χ4n) is 5.71. The number of nitrogens with zero attached hydrogens (tertiary/aromatic N) is 3. The molecule has 3 amide bonds. The van der Waals surface area contributed by atoms with Crippen molar-refractivity contribution in [1.82, 2.24) is 9.47 Å². The lowest BCUT2D eigenvalue weighted by atomic mass is 9.82. The highest BCUT2D eigenvalue weighted by Crippen LogP contribution is 2.55. The normalized spacial score (nSPS) is 22.2. The van der Waals surface area contributed by atoms with Gasteiger partial charge in [0, 0.05) is 29.4 Å². The van der Waals surface area contributed by atoms with E-state index < -0.39 is 51.2 Å². The number of alkyl halides is 3. The van der Waals surface area contributed by atoms with Crippen LogP contribution in [0.2, 0.25) is 0 Å². The molecule has 3 atom stereocenters. The van der Waals surface area contributed by atoms with Crippen LogP contribution >= 0.6 is 23.1 Å². The van der Waals surface area contributed by atoms with Crippen LogP contribution < -0.4 is 14.5 Å². The molecule has 2 aromatic carbocycles. The van der Waals surface area contributed by atoms with E-state index in [0.29, 0.717) is 52.4 Å². The predicted molar refractivity (Wildman–Crippen MR) is 148 cm³/mol. The van der Waals surface area contributed by atoms with Crippen LogP contribution in [0.1, 0.15) is 21.9 Å². The number of morpholine rings is 1. The van der Waals surface area contributed by atoms with E-state index in [0.717, 1.165) is 35.2 Å². The number of aromatic nitrogens is 1. The van der Waals surface area contributed by atoms with Gasteiger partial charge in [0.2, 0.25) is 17.7 Å². The Morgan fingerprint density at radius 1 is 1.02 bits per heavy atom. The second-order valence-electron chi connectivity index (χ2n) is 9.93. The maximum atomic E-state index is 14.0. The number of fused-ring (bicyclic) bond motifs is 2. The average molecular weight is 620 g/mol. The first-order chi connectivity index (χ1) is 20.1. The van der Waals surface area contributed by atoms with Crippen LogP contribution in [0.3, 0.4) is 0 Å². The summed E-state index contributed by atoms with van der Waals surface area (Å²) in [5.74, 6) is -3.51. The Bertz CT molecular complexity index is 1630. The first-order valence-electron chi connectivity index (χ1n) is 13.0. The van der Waals surface area contributed by atoms with Gasteiger partial charge in [-0.2, -0.15) is 13.2 Å². The van der Waals surface area contributed by atoms with Gasteiger partial charge in [-0.15, -0.1) is 0 Å². The Balaban J connectivity index is 1.48. The van der Waals surface area contributed by atoms with Crippen LogP contribution in [0.5, 0.6) is 5.75 Å². The van der Waals surface area contributed by atoms with E-state index in [2.05, 4.69) is 0 Å². The van der Waals surface area contributed by atoms with Crippen LogP contribution in [0.15, 0.2) is 58.4 Å². The first-order valence-corrected chi connectivity index (χ1v) is 14.7. The molecular weight excluding hydrogens is 595 g/mol. The summed E-state index contributed by atoms with van der Waals surface area (Å²) in [6, 6.07) is 11.3. The standard InChI is InChI=1S/C28H24F3N3O6S2/c1-39-18-9-5-2-6-15(18)20-21-22(25(37)34(24(21)36)17-8-4-3-7-16(17)28(29,30)31)41-26-23(20)42-27(38)33(26)14-19(35)32-10-12-40-13-11-32/h2-9,20-22H,10-14H2,1H3. The molecule has 0 bridgehead atoms. The van der Waals surface area contributed by atoms with Gasteiger partial charge in [0.1, 0.15) is 17.5 Å². The van der Waals surface area contributed by atoms with Gasteiger partial charge >= 0.3 is 11.0 Å². The highest BCUT2D eigenvalue weighted by atomic mass is 32.2. The molecule has 0 saturated carbocycles. The van der Waals surface area contributed by atoms with Gasteiger partial charge < -0.3 is 14.4 Å². The van der Waals surface area contributed by atoms with Crippen molar-refractivity contribution in [3.63, 3.8) is 0 Å². The van der Waals surface area contributed by atoms with E-state index in [1.165, 1.54) is 23.8 Å². The summed E-state index contributed by atoms with van der Waals surface area (Å²) < 4.78 is 54.0. The highest BCUT2D eigenvalue weighted by Gasteiger charge is 2.58. The maximum absolute atomic E-state index is 14.0. The third-order valence-electron chi connectivity index (χ3n) is 7.63. The van der Waals surface area contributed by atoms with Gasteiger partial charge in [-0.25, -0.2) is 4.90 Å². The van der Waals surface area contributed by atoms with E-state index in [9.17, 15) is 32.3 Å². The number of anilines is 1. The van der Waals surface area contributed by atoms with Gasteiger partial charge in [0.05, 0.1) is 42.5 Å². The monoisotopic (exact) mass is 619 g/mol. The fourth-order valence-corrected chi connectivity index (χ4v) is 8.47. The third kappa shape index (κ3) is 4.71. The van der Waals surface area contributed by atoms with Crippen molar-refractivity contribution in [1.29, 1.82) is 0 Å². The number of hydrogen-bond acceptors (Lipinski definition) is 8. The van der Waals surface area contributed by atoms with Crippen molar-refractivity contribution in [3.8, 4) is 5.75 Å². The zero-order valence-corrected chi connectivity index (χ0v) is 23.8. The van der Waals surface area contributed by atoms with Crippen molar-refractivity contribution >= 4 is 46.5 Å². The van der Waals surface area contributed by atoms with Crippen molar-refractivity contribution < 1.29 is 37.0 Å². The van der Waals surface area contributed by atoms with E-state index in [1.807, 2.05) is 0 Å². The predicted octanol–water partition coefficient (Wildman–Crippen LogP) is 3.59. The number of halogens is 3. The molecule has 3 aromatic rings. The topological polar surface area (TPSA) is 98.2 Å².